The lowest BCUT2D eigenvalue weighted by atomic mass is 10.2. The zero-order chi connectivity index (χ0) is 25.8. The summed E-state index contributed by atoms with van der Waals surface area (Å²) in [5.74, 6) is 0.102. The van der Waals surface area contributed by atoms with Crippen LogP contribution < -0.4 is 9.64 Å². The van der Waals surface area contributed by atoms with Gasteiger partial charge < -0.3 is 4.74 Å². The van der Waals surface area contributed by atoms with Gasteiger partial charge in [0.2, 0.25) is 0 Å². The maximum Gasteiger partial charge on any atom is 0.271 e. The number of hydrogen-bond donors (Lipinski definition) is 0. The molecule has 1 aliphatic rings. The minimum Gasteiger partial charge on any atom is -0.489 e. The van der Waals surface area contributed by atoms with Crippen LogP contribution in [0.5, 0.6) is 5.75 Å². The van der Waals surface area contributed by atoms with Crippen LogP contribution in [0.4, 0.5) is 15.8 Å². The standard InChI is InChI=1S/C29H19Cl2FN2O2S/c30-21-7-11-23(12-8-21)33-29-34(24-13-9-22(31)10-14-24)28(35)27(37-29)17-19-5-15-25(16-6-19)36-18-20-3-1-2-4-26(20)32/h1-17H,18H2/b27-17-,33-29?. The molecule has 0 atom stereocenters. The molecule has 1 heterocycles. The van der Waals surface area contributed by atoms with E-state index in [2.05, 4.69) is 0 Å². The third kappa shape index (κ3) is 6.05. The van der Waals surface area contributed by atoms with Crippen molar-refractivity contribution in [3.05, 3.63) is 129 Å². The Kier molecular flexibility index (Phi) is 7.60. The number of rotatable bonds is 6. The van der Waals surface area contributed by atoms with E-state index in [-0.39, 0.29) is 18.3 Å². The first kappa shape index (κ1) is 25.1. The van der Waals surface area contributed by atoms with Gasteiger partial charge in [0.15, 0.2) is 5.17 Å². The Morgan fingerprint density at radius 2 is 1.51 bits per heavy atom. The molecular formula is C29H19Cl2FN2O2S. The minimum absolute atomic E-state index is 0.127. The Hall–Kier alpha value is -3.58. The number of aliphatic imine (C=N–C) groups is 1. The maximum absolute atomic E-state index is 13.8. The first-order valence-electron chi connectivity index (χ1n) is 11.3. The van der Waals surface area contributed by atoms with Crippen molar-refractivity contribution in [3.8, 4) is 5.75 Å². The number of anilines is 1. The fourth-order valence-electron chi connectivity index (χ4n) is 3.58. The van der Waals surface area contributed by atoms with Gasteiger partial charge in [0, 0.05) is 15.6 Å². The number of halogens is 3. The Morgan fingerprint density at radius 1 is 0.865 bits per heavy atom. The summed E-state index contributed by atoms with van der Waals surface area (Å²) in [7, 11) is 0. The first-order valence-corrected chi connectivity index (χ1v) is 12.8. The van der Waals surface area contributed by atoms with E-state index in [1.165, 1.54) is 17.8 Å². The highest BCUT2D eigenvalue weighted by atomic mass is 35.5. The fourth-order valence-corrected chi connectivity index (χ4v) is 4.83. The number of hydrogen-bond acceptors (Lipinski definition) is 4. The van der Waals surface area contributed by atoms with E-state index in [1.54, 1.807) is 89.8 Å². The quantitative estimate of drug-likeness (QED) is 0.227. The molecule has 1 amide bonds. The highest BCUT2D eigenvalue weighted by Gasteiger charge is 2.34. The van der Waals surface area contributed by atoms with E-state index < -0.39 is 0 Å². The smallest absolute Gasteiger partial charge is 0.271 e. The number of thioether (sulfide) groups is 1. The molecular weight excluding hydrogens is 530 g/mol. The van der Waals surface area contributed by atoms with Crippen LogP contribution in [-0.4, -0.2) is 11.1 Å². The van der Waals surface area contributed by atoms with Gasteiger partial charge in [-0.15, -0.1) is 0 Å². The van der Waals surface area contributed by atoms with Gasteiger partial charge in [-0.1, -0.05) is 53.5 Å². The van der Waals surface area contributed by atoms with Crippen LogP contribution in [0.15, 0.2) is 107 Å². The van der Waals surface area contributed by atoms with Gasteiger partial charge >= 0.3 is 0 Å². The molecule has 4 aromatic carbocycles. The van der Waals surface area contributed by atoms with Crippen LogP contribution in [0.1, 0.15) is 11.1 Å². The molecule has 0 radical (unpaired) electrons. The van der Waals surface area contributed by atoms with Crippen LogP contribution in [0.25, 0.3) is 6.08 Å². The zero-order valence-corrected chi connectivity index (χ0v) is 21.6. The molecule has 0 bridgehead atoms. The molecule has 184 valence electrons. The molecule has 1 fully saturated rings. The molecule has 4 aromatic rings. The zero-order valence-electron chi connectivity index (χ0n) is 19.3. The molecule has 0 N–H and O–H groups in total. The summed E-state index contributed by atoms with van der Waals surface area (Å²) in [6.07, 6.45) is 1.81. The van der Waals surface area contributed by atoms with Crippen LogP contribution >= 0.6 is 35.0 Å². The van der Waals surface area contributed by atoms with Gasteiger partial charge in [0.1, 0.15) is 18.2 Å². The number of nitrogens with zero attached hydrogens (tertiary/aromatic N) is 2. The summed E-state index contributed by atoms with van der Waals surface area (Å²) in [4.78, 5) is 20.2. The van der Waals surface area contributed by atoms with Crippen molar-refractivity contribution in [2.24, 2.45) is 4.99 Å². The fraction of sp³-hybridized carbons (Fsp3) is 0.0345. The number of carbonyl (C=O) groups is 1. The van der Waals surface area contributed by atoms with Gasteiger partial charge in [-0.25, -0.2) is 9.38 Å². The van der Waals surface area contributed by atoms with E-state index >= 15 is 0 Å². The van der Waals surface area contributed by atoms with Crippen LogP contribution in [-0.2, 0) is 11.4 Å². The highest BCUT2D eigenvalue weighted by molar-refractivity contribution is 8.19. The second kappa shape index (κ2) is 11.2. The number of amidine groups is 1. The highest BCUT2D eigenvalue weighted by Crippen LogP contribution is 2.38. The van der Waals surface area contributed by atoms with E-state index in [0.29, 0.717) is 42.8 Å². The van der Waals surface area contributed by atoms with Gasteiger partial charge in [-0.05, 0) is 90.1 Å². The molecule has 37 heavy (non-hydrogen) atoms. The van der Waals surface area contributed by atoms with Gasteiger partial charge in [0.25, 0.3) is 5.91 Å². The molecule has 5 rings (SSSR count). The van der Waals surface area contributed by atoms with Crippen LogP contribution in [0.2, 0.25) is 10.0 Å². The van der Waals surface area contributed by atoms with Gasteiger partial charge in [-0.3, -0.25) is 9.69 Å². The number of amides is 1. The molecule has 0 unspecified atom stereocenters. The topological polar surface area (TPSA) is 41.9 Å². The summed E-state index contributed by atoms with van der Waals surface area (Å²) in [6, 6.07) is 27.9. The van der Waals surface area contributed by atoms with Gasteiger partial charge in [0.05, 0.1) is 16.3 Å². The lowest BCUT2D eigenvalue weighted by Crippen LogP contribution is -2.28. The van der Waals surface area contributed by atoms with E-state index in [9.17, 15) is 9.18 Å². The molecule has 1 aliphatic heterocycles. The number of carbonyl (C=O) groups excluding carboxylic acids is 1. The van der Waals surface area contributed by atoms with Crippen molar-refractivity contribution >= 4 is 63.5 Å². The van der Waals surface area contributed by atoms with Crippen LogP contribution in [0, 0.1) is 5.82 Å². The van der Waals surface area contributed by atoms with Crippen LogP contribution in [0.3, 0.4) is 0 Å². The lowest BCUT2D eigenvalue weighted by molar-refractivity contribution is -0.113. The number of ether oxygens (including phenoxy) is 1. The van der Waals surface area contributed by atoms with Crippen molar-refractivity contribution in [2.45, 2.75) is 6.61 Å². The SMILES string of the molecule is O=C1/C(=C/c2ccc(OCc3ccccc3F)cc2)SC(=Nc2ccc(Cl)cc2)N1c1ccc(Cl)cc1. The van der Waals surface area contributed by atoms with E-state index in [0.717, 1.165) is 5.56 Å². The normalized spacial score (nSPS) is 15.5. The average molecular weight is 549 g/mol. The third-order valence-corrected chi connectivity index (χ3v) is 6.95. The lowest BCUT2D eigenvalue weighted by Gasteiger charge is -2.15. The van der Waals surface area contributed by atoms with Gasteiger partial charge in [-0.2, -0.15) is 0 Å². The Balaban J connectivity index is 1.39. The second-order valence-corrected chi connectivity index (χ2v) is 9.93. The molecule has 1 saturated heterocycles. The molecule has 4 nitrogen and oxygen atoms in total. The summed E-state index contributed by atoms with van der Waals surface area (Å²) in [5, 5.41) is 1.70. The minimum atomic E-state index is -0.304. The molecule has 8 heteroatoms. The molecule has 0 spiro atoms. The summed E-state index contributed by atoms with van der Waals surface area (Å²) >= 11 is 13.3. The van der Waals surface area contributed by atoms with Crippen molar-refractivity contribution in [1.29, 1.82) is 0 Å². The predicted octanol–water partition coefficient (Wildman–Crippen LogP) is 8.52. The van der Waals surface area contributed by atoms with E-state index in [1.807, 2.05) is 12.1 Å². The van der Waals surface area contributed by atoms with E-state index in [4.69, 9.17) is 32.9 Å². The second-order valence-electron chi connectivity index (χ2n) is 8.05. The molecule has 0 saturated carbocycles. The largest absolute Gasteiger partial charge is 0.489 e. The van der Waals surface area contributed by atoms with Crippen molar-refractivity contribution in [3.63, 3.8) is 0 Å². The summed E-state index contributed by atoms with van der Waals surface area (Å²) in [5.41, 5.74) is 2.64. The molecule has 0 aromatic heterocycles. The Morgan fingerprint density at radius 3 is 2.19 bits per heavy atom. The Labute approximate surface area is 228 Å². The molecule has 0 aliphatic carbocycles. The third-order valence-electron chi connectivity index (χ3n) is 5.47. The monoisotopic (exact) mass is 548 g/mol. The predicted molar refractivity (Wildman–Crippen MR) is 150 cm³/mol. The number of benzene rings is 4. The van der Waals surface area contributed by atoms with Crippen molar-refractivity contribution in [2.75, 3.05) is 4.90 Å². The average Bonchev–Trinajstić information content (AvgIpc) is 3.20. The summed E-state index contributed by atoms with van der Waals surface area (Å²) < 4.78 is 19.5. The Bertz CT molecular complexity index is 1490. The first-order chi connectivity index (χ1) is 18.0. The van der Waals surface area contributed by atoms with Crippen molar-refractivity contribution in [1.82, 2.24) is 0 Å². The summed E-state index contributed by atoms with van der Waals surface area (Å²) in [6.45, 7) is 0.127. The maximum atomic E-state index is 13.8. The van der Waals surface area contributed by atoms with Crippen molar-refractivity contribution < 1.29 is 13.9 Å².